The molecule has 0 bridgehead atoms. The molecule has 1 atom stereocenters. The van der Waals surface area contributed by atoms with Gasteiger partial charge < -0.3 is 5.73 Å². The first-order valence-electron chi connectivity index (χ1n) is 3.97. The third-order valence-electron chi connectivity index (χ3n) is 2.50. The molecule has 0 aliphatic heterocycles. The van der Waals surface area contributed by atoms with E-state index < -0.39 is 5.41 Å². The van der Waals surface area contributed by atoms with Crippen molar-refractivity contribution in [1.82, 2.24) is 14.8 Å². The lowest BCUT2D eigenvalue weighted by Crippen LogP contribution is -2.26. The summed E-state index contributed by atoms with van der Waals surface area (Å²) in [5.74, 6) is -0.0276. The Bertz CT molecular complexity index is 402. The second-order valence-electron chi connectivity index (χ2n) is 3.55. The van der Waals surface area contributed by atoms with E-state index in [4.69, 9.17) is 5.73 Å². The lowest BCUT2D eigenvalue weighted by Gasteiger charge is -2.10. The third kappa shape index (κ3) is 1.22. The van der Waals surface area contributed by atoms with E-state index >= 15 is 0 Å². The second-order valence-corrected chi connectivity index (χ2v) is 7.32. The molecule has 1 saturated carbocycles. The van der Waals surface area contributed by atoms with Crippen LogP contribution in [0.3, 0.4) is 0 Å². The van der Waals surface area contributed by atoms with Crippen molar-refractivity contribution >= 4 is 43.7 Å². The van der Waals surface area contributed by atoms with E-state index in [0.29, 0.717) is 6.42 Å². The van der Waals surface area contributed by atoms with E-state index in [-0.39, 0.29) is 15.1 Å². The summed E-state index contributed by atoms with van der Waals surface area (Å²) in [5.41, 5.74) is 4.99. The molecule has 0 radical (unpaired) electrons. The molecule has 5 nitrogen and oxygen atoms in total. The van der Waals surface area contributed by atoms with Gasteiger partial charge in [0.1, 0.15) is 6.33 Å². The summed E-state index contributed by atoms with van der Waals surface area (Å²) in [6.45, 7) is 1.85. The van der Waals surface area contributed by atoms with Crippen molar-refractivity contribution in [2.45, 2.75) is 16.6 Å². The van der Waals surface area contributed by atoms with Crippen molar-refractivity contribution in [2.75, 3.05) is 5.73 Å². The molecule has 0 aromatic carbocycles. The van der Waals surface area contributed by atoms with Gasteiger partial charge in [0.25, 0.3) is 5.91 Å². The van der Waals surface area contributed by atoms with Crippen LogP contribution in [0.4, 0.5) is 5.95 Å². The first kappa shape index (κ1) is 10.1. The Morgan fingerprint density at radius 1 is 1.71 bits per heavy atom. The Kier molecular flexibility index (Phi) is 2.01. The van der Waals surface area contributed by atoms with Crippen LogP contribution >= 0.6 is 31.9 Å². The van der Waals surface area contributed by atoms with Crippen molar-refractivity contribution in [2.24, 2.45) is 5.41 Å². The molecule has 76 valence electrons. The van der Waals surface area contributed by atoms with Crippen LogP contribution in [-0.4, -0.2) is 23.9 Å². The molecule has 1 aliphatic rings. The fourth-order valence-corrected chi connectivity index (χ4v) is 2.73. The molecule has 1 aliphatic carbocycles. The number of alkyl halides is 2. The summed E-state index contributed by atoms with van der Waals surface area (Å²) in [6, 6.07) is 0. The van der Waals surface area contributed by atoms with Gasteiger partial charge in [0.05, 0.1) is 8.65 Å². The number of hydrogen-bond acceptors (Lipinski definition) is 4. The average molecular weight is 324 g/mol. The molecule has 2 rings (SSSR count). The van der Waals surface area contributed by atoms with Crippen LogP contribution in [0.15, 0.2) is 6.33 Å². The Balaban J connectivity index is 2.32. The summed E-state index contributed by atoms with van der Waals surface area (Å²) in [6.07, 6.45) is 1.97. The van der Waals surface area contributed by atoms with Crippen molar-refractivity contribution < 1.29 is 4.79 Å². The summed E-state index contributed by atoms with van der Waals surface area (Å²) in [4.78, 5) is 15.7. The summed E-state index contributed by atoms with van der Waals surface area (Å²) in [5, 5.41) is 3.78. The van der Waals surface area contributed by atoms with Gasteiger partial charge in [-0.25, -0.2) is 0 Å². The first-order valence-corrected chi connectivity index (χ1v) is 5.55. The Morgan fingerprint density at radius 2 is 2.29 bits per heavy atom. The zero-order valence-electron chi connectivity index (χ0n) is 7.37. The highest BCUT2D eigenvalue weighted by Gasteiger charge is 2.67. The Labute approximate surface area is 97.3 Å². The minimum atomic E-state index is -0.505. The number of carbonyl (C=O) groups excluding carboxylic acids is 1. The number of nitrogen functional groups attached to an aromatic ring is 1. The highest BCUT2D eigenvalue weighted by atomic mass is 79.9. The number of nitrogens with two attached hydrogens (primary N) is 1. The predicted octanol–water partition coefficient (Wildman–Crippen LogP) is 1.40. The number of rotatable bonds is 1. The molecule has 7 heteroatoms. The van der Waals surface area contributed by atoms with E-state index in [1.165, 1.54) is 6.33 Å². The van der Waals surface area contributed by atoms with Gasteiger partial charge >= 0.3 is 0 Å². The SMILES string of the molecule is C[C@@]1(C(=O)n2ncnc2N)CC1(Br)Br. The van der Waals surface area contributed by atoms with Crippen molar-refractivity contribution in [1.29, 1.82) is 0 Å². The highest BCUT2D eigenvalue weighted by molar-refractivity contribution is 9.25. The van der Waals surface area contributed by atoms with E-state index in [1.54, 1.807) is 0 Å². The van der Waals surface area contributed by atoms with E-state index in [2.05, 4.69) is 41.9 Å². The number of carbonyl (C=O) groups is 1. The van der Waals surface area contributed by atoms with Gasteiger partial charge in [-0.05, 0) is 13.3 Å². The van der Waals surface area contributed by atoms with E-state index in [1.807, 2.05) is 6.92 Å². The quantitative estimate of drug-likeness (QED) is 0.793. The van der Waals surface area contributed by atoms with E-state index in [9.17, 15) is 4.79 Å². The van der Waals surface area contributed by atoms with Gasteiger partial charge in [-0.1, -0.05) is 31.9 Å². The van der Waals surface area contributed by atoms with Crippen molar-refractivity contribution in [3.05, 3.63) is 6.33 Å². The van der Waals surface area contributed by atoms with Crippen LogP contribution in [0.5, 0.6) is 0 Å². The zero-order valence-corrected chi connectivity index (χ0v) is 10.5. The van der Waals surface area contributed by atoms with Gasteiger partial charge in [-0.15, -0.1) is 0 Å². The summed E-state index contributed by atoms with van der Waals surface area (Å²) in [7, 11) is 0. The molecule has 2 N–H and O–H groups in total. The molecule has 1 heterocycles. The molecule has 0 amide bonds. The minimum absolute atomic E-state index is 0.124. The van der Waals surface area contributed by atoms with Crippen molar-refractivity contribution in [3.63, 3.8) is 0 Å². The van der Waals surface area contributed by atoms with Crippen molar-refractivity contribution in [3.8, 4) is 0 Å². The molecular weight excluding hydrogens is 316 g/mol. The lowest BCUT2D eigenvalue weighted by molar-refractivity contribution is 0.0812. The standard InChI is InChI=1S/C7H8Br2N4O/c1-6(2-7(6,8)9)4(14)13-5(10)11-3-12-13/h3H,2H2,1H3,(H2,10,11,12)/t6-/m0/s1. The number of nitrogens with zero attached hydrogens (tertiary/aromatic N) is 3. The third-order valence-corrected chi connectivity index (χ3v) is 4.81. The monoisotopic (exact) mass is 322 g/mol. The maximum absolute atomic E-state index is 11.9. The highest BCUT2D eigenvalue weighted by Crippen LogP contribution is 2.66. The predicted molar refractivity (Wildman–Crippen MR) is 58.4 cm³/mol. The Hall–Kier alpha value is -0.430. The second kappa shape index (κ2) is 2.79. The maximum Gasteiger partial charge on any atom is 0.258 e. The molecule has 1 aromatic heterocycles. The van der Waals surface area contributed by atoms with Crippen LogP contribution < -0.4 is 5.73 Å². The van der Waals surface area contributed by atoms with Gasteiger partial charge in [-0.3, -0.25) is 4.79 Å². The molecular formula is C7H8Br2N4O. The van der Waals surface area contributed by atoms with Crippen LogP contribution in [0.25, 0.3) is 0 Å². The van der Waals surface area contributed by atoms with Crippen LogP contribution in [0, 0.1) is 5.41 Å². The topological polar surface area (TPSA) is 73.8 Å². The van der Waals surface area contributed by atoms with Gasteiger partial charge in [0.15, 0.2) is 0 Å². The molecule has 0 saturated heterocycles. The molecule has 1 fully saturated rings. The van der Waals surface area contributed by atoms with E-state index in [0.717, 1.165) is 4.68 Å². The van der Waals surface area contributed by atoms with Gasteiger partial charge in [-0.2, -0.15) is 14.8 Å². The number of halogens is 2. The number of anilines is 1. The molecule has 0 unspecified atom stereocenters. The van der Waals surface area contributed by atoms with Crippen LogP contribution in [0.2, 0.25) is 0 Å². The minimum Gasteiger partial charge on any atom is -0.368 e. The smallest absolute Gasteiger partial charge is 0.258 e. The van der Waals surface area contributed by atoms with Crippen LogP contribution in [-0.2, 0) is 0 Å². The normalized spacial score (nSPS) is 28.8. The summed E-state index contributed by atoms with van der Waals surface area (Å²) >= 11 is 6.83. The number of aromatic nitrogens is 3. The van der Waals surface area contributed by atoms with Gasteiger partial charge in [0, 0.05) is 0 Å². The number of hydrogen-bond donors (Lipinski definition) is 1. The first-order chi connectivity index (χ1) is 6.38. The maximum atomic E-state index is 11.9. The fraction of sp³-hybridized carbons (Fsp3) is 0.571. The summed E-state index contributed by atoms with van der Waals surface area (Å²) < 4.78 is 0.798. The lowest BCUT2D eigenvalue weighted by atomic mass is 10.1. The molecule has 14 heavy (non-hydrogen) atoms. The Morgan fingerprint density at radius 3 is 2.64 bits per heavy atom. The zero-order chi connectivity index (χ0) is 10.6. The molecule has 1 aromatic rings. The fourth-order valence-electron chi connectivity index (χ4n) is 1.27. The van der Waals surface area contributed by atoms with Crippen LogP contribution in [0.1, 0.15) is 18.1 Å². The average Bonchev–Trinajstić information content (AvgIpc) is 2.46. The molecule has 0 spiro atoms. The largest absolute Gasteiger partial charge is 0.368 e. The van der Waals surface area contributed by atoms with Gasteiger partial charge in [0.2, 0.25) is 5.95 Å².